The number of nitrogens with zero attached hydrogens (tertiary/aromatic N) is 1. The van der Waals surface area contributed by atoms with Crippen LogP contribution in [0.3, 0.4) is 0 Å². The third-order valence-electron chi connectivity index (χ3n) is 2.12. The Morgan fingerprint density at radius 1 is 1.29 bits per heavy atom. The molecule has 0 saturated heterocycles. The molecule has 0 unspecified atom stereocenters. The maximum absolute atomic E-state index is 5.60. The van der Waals surface area contributed by atoms with Crippen LogP contribution in [0.2, 0.25) is 0 Å². The SMILES string of the molecule is CC1(C)COC(c2ccc(N)cc2)=N1. The van der Waals surface area contributed by atoms with Gasteiger partial charge in [0.05, 0.1) is 5.54 Å². The lowest BCUT2D eigenvalue weighted by Crippen LogP contribution is -2.17. The maximum atomic E-state index is 5.60. The molecule has 3 nitrogen and oxygen atoms in total. The molecule has 1 aliphatic rings. The van der Waals surface area contributed by atoms with E-state index in [0.717, 1.165) is 17.1 Å². The van der Waals surface area contributed by atoms with Gasteiger partial charge in [-0.15, -0.1) is 0 Å². The number of hydrogen-bond donors (Lipinski definition) is 1. The Balaban J connectivity index is 2.29. The third kappa shape index (κ3) is 1.71. The zero-order valence-electron chi connectivity index (χ0n) is 8.45. The van der Waals surface area contributed by atoms with Gasteiger partial charge in [-0.25, -0.2) is 4.99 Å². The summed E-state index contributed by atoms with van der Waals surface area (Å²) in [5.74, 6) is 0.718. The molecule has 1 aromatic carbocycles. The first-order valence-electron chi connectivity index (χ1n) is 4.65. The van der Waals surface area contributed by atoms with E-state index in [9.17, 15) is 0 Å². The average molecular weight is 190 g/mol. The number of rotatable bonds is 1. The fourth-order valence-corrected chi connectivity index (χ4v) is 1.36. The number of aliphatic imine (C=N–C) groups is 1. The third-order valence-corrected chi connectivity index (χ3v) is 2.12. The topological polar surface area (TPSA) is 47.6 Å². The Bertz CT molecular complexity index is 365. The number of benzene rings is 1. The van der Waals surface area contributed by atoms with Crippen LogP contribution in [0, 0.1) is 0 Å². The second-order valence-corrected chi connectivity index (χ2v) is 4.14. The molecular formula is C11H14N2O. The number of anilines is 1. The van der Waals surface area contributed by atoms with Crippen LogP contribution < -0.4 is 5.73 Å². The van der Waals surface area contributed by atoms with E-state index in [1.807, 2.05) is 24.3 Å². The number of hydrogen-bond acceptors (Lipinski definition) is 3. The molecule has 74 valence electrons. The van der Waals surface area contributed by atoms with Crippen LogP contribution in [0.5, 0.6) is 0 Å². The van der Waals surface area contributed by atoms with Crippen LogP contribution in [0.25, 0.3) is 0 Å². The lowest BCUT2D eigenvalue weighted by Gasteiger charge is -2.07. The fourth-order valence-electron chi connectivity index (χ4n) is 1.36. The molecule has 2 N–H and O–H groups in total. The van der Waals surface area contributed by atoms with Crippen LogP contribution in [0.4, 0.5) is 5.69 Å². The van der Waals surface area contributed by atoms with Gasteiger partial charge in [0, 0.05) is 11.3 Å². The van der Waals surface area contributed by atoms with E-state index in [4.69, 9.17) is 10.5 Å². The van der Waals surface area contributed by atoms with Crippen molar-refractivity contribution in [3.05, 3.63) is 29.8 Å². The molecule has 0 radical (unpaired) electrons. The van der Waals surface area contributed by atoms with E-state index in [2.05, 4.69) is 18.8 Å². The summed E-state index contributed by atoms with van der Waals surface area (Å²) in [6.45, 7) is 4.75. The largest absolute Gasteiger partial charge is 0.475 e. The van der Waals surface area contributed by atoms with Crippen molar-refractivity contribution < 1.29 is 4.74 Å². The molecular weight excluding hydrogens is 176 g/mol. The minimum absolute atomic E-state index is 0.100. The highest BCUT2D eigenvalue weighted by molar-refractivity contribution is 5.95. The number of nitrogens with two attached hydrogens (primary N) is 1. The van der Waals surface area contributed by atoms with Crippen molar-refractivity contribution in [3.8, 4) is 0 Å². The zero-order valence-corrected chi connectivity index (χ0v) is 8.45. The lowest BCUT2D eigenvalue weighted by molar-refractivity contribution is 0.279. The van der Waals surface area contributed by atoms with E-state index in [1.54, 1.807) is 0 Å². The second-order valence-electron chi connectivity index (χ2n) is 4.14. The van der Waals surface area contributed by atoms with Crippen LogP contribution in [0.15, 0.2) is 29.3 Å². The minimum atomic E-state index is -0.100. The van der Waals surface area contributed by atoms with Gasteiger partial charge in [0.1, 0.15) is 6.61 Å². The van der Waals surface area contributed by atoms with Crippen LogP contribution in [0.1, 0.15) is 19.4 Å². The van der Waals surface area contributed by atoms with Gasteiger partial charge in [0.15, 0.2) is 0 Å². The molecule has 0 bridgehead atoms. The molecule has 2 rings (SSSR count). The molecule has 1 heterocycles. The number of ether oxygens (including phenoxy) is 1. The Hall–Kier alpha value is -1.51. The monoisotopic (exact) mass is 190 g/mol. The normalized spacial score (nSPS) is 18.9. The minimum Gasteiger partial charge on any atom is -0.475 e. The first kappa shape index (κ1) is 9.06. The predicted octanol–water partition coefficient (Wildman–Crippen LogP) is 1.82. The molecule has 0 aromatic heterocycles. The molecule has 0 spiro atoms. The van der Waals surface area contributed by atoms with Crippen molar-refractivity contribution in [3.63, 3.8) is 0 Å². The molecule has 0 amide bonds. The lowest BCUT2D eigenvalue weighted by atomic mass is 10.1. The second kappa shape index (κ2) is 3.01. The van der Waals surface area contributed by atoms with Gasteiger partial charge in [-0.05, 0) is 38.1 Å². The summed E-state index contributed by atoms with van der Waals surface area (Å²) in [4.78, 5) is 4.47. The molecule has 1 aliphatic heterocycles. The predicted molar refractivity (Wildman–Crippen MR) is 57.4 cm³/mol. The van der Waals surface area contributed by atoms with Crippen LogP contribution >= 0.6 is 0 Å². The van der Waals surface area contributed by atoms with Gasteiger partial charge in [0.25, 0.3) is 0 Å². The van der Waals surface area contributed by atoms with Crippen molar-refractivity contribution in [2.75, 3.05) is 12.3 Å². The molecule has 0 aliphatic carbocycles. The van der Waals surface area contributed by atoms with Gasteiger partial charge < -0.3 is 10.5 Å². The summed E-state index contributed by atoms with van der Waals surface area (Å²) >= 11 is 0. The molecule has 0 fully saturated rings. The number of nitrogen functional groups attached to an aromatic ring is 1. The van der Waals surface area contributed by atoms with E-state index >= 15 is 0 Å². The highest BCUT2D eigenvalue weighted by Gasteiger charge is 2.26. The summed E-state index contributed by atoms with van der Waals surface area (Å²) in [5, 5.41) is 0. The summed E-state index contributed by atoms with van der Waals surface area (Å²) in [6, 6.07) is 7.56. The van der Waals surface area contributed by atoms with E-state index in [-0.39, 0.29) is 5.54 Å². The molecule has 0 saturated carbocycles. The van der Waals surface area contributed by atoms with Crippen molar-refractivity contribution >= 4 is 11.6 Å². The van der Waals surface area contributed by atoms with Gasteiger partial charge in [-0.2, -0.15) is 0 Å². The standard InChI is InChI=1S/C11H14N2O/c1-11(2)7-14-10(13-11)8-3-5-9(12)6-4-8/h3-6H,7,12H2,1-2H3. The van der Waals surface area contributed by atoms with Gasteiger partial charge in [-0.3, -0.25) is 0 Å². The molecule has 1 aromatic rings. The van der Waals surface area contributed by atoms with Crippen molar-refractivity contribution in [1.29, 1.82) is 0 Å². The Morgan fingerprint density at radius 3 is 2.43 bits per heavy atom. The molecule has 0 atom stereocenters. The Labute approximate surface area is 83.6 Å². The summed E-state index contributed by atoms with van der Waals surface area (Å²) < 4.78 is 5.50. The van der Waals surface area contributed by atoms with Crippen molar-refractivity contribution in [2.45, 2.75) is 19.4 Å². The van der Waals surface area contributed by atoms with E-state index < -0.39 is 0 Å². The summed E-state index contributed by atoms with van der Waals surface area (Å²) in [7, 11) is 0. The van der Waals surface area contributed by atoms with Crippen LogP contribution in [-0.4, -0.2) is 18.0 Å². The van der Waals surface area contributed by atoms with Gasteiger partial charge in [-0.1, -0.05) is 0 Å². The highest BCUT2D eigenvalue weighted by atomic mass is 16.5. The summed E-state index contributed by atoms with van der Waals surface area (Å²) in [5.41, 5.74) is 7.24. The Morgan fingerprint density at radius 2 is 1.93 bits per heavy atom. The zero-order chi connectivity index (χ0) is 10.2. The van der Waals surface area contributed by atoms with E-state index in [1.165, 1.54) is 0 Å². The van der Waals surface area contributed by atoms with Crippen molar-refractivity contribution in [2.24, 2.45) is 4.99 Å². The fraction of sp³-hybridized carbons (Fsp3) is 0.364. The average Bonchev–Trinajstić information content (AvgIpc) is 2.47. The van der Waals surface area contributed by atoms with Gasteiger partial charge in [0.2, 0.25) is 5.90 Å². The summed E-state index contributed by atoms with van der Waals surface area (Å²) in [6.07, 6.45) is 0. The van der Waals surface area contributed by atoms with Gasteiger partial charge >= 0.3 is 0 Å². The molecule has 14 heavy (non-hydrogen) atoms. The first-order valence-corrected chi connectivity index (χ1v) is 4.65. The van der Waals surface area contributed by atoms with Crippen LogP contribution in [-0.2, 0) is 4.74 Å². The highest BCUT2D eigenvalue weighted by Crippen LogP contribution is 2.20. The first-order chi connectivity index (χ1) is 6.57. The molecule has 3 heteroatoms. The smallest absolute Gasteiger partial charge is 0.216 e. The van der Waals surface area contributed by atoms with E-state index in [0.29, 0.717) is 6.61 Å². The maximum Gasteiger partial charge on any atom is 0.216 e. The quantitative estimate of drug-likeness (QED) is 0.687. The Kier molecular flexibility index (Phi) is 1.95. The van der Waals surface area contributed by atoms with Crippen molar-refractivity contribution in [1.82, 2.24) is 0 Å².